The van der Waals surface area contributed by atoms with Gasteiger partial charge in [-0.25, -0.2) is 0 Å². The first-order chi connectivity index (χ1) is 9.71. The van der Waals surface area contributed by atoms with Crippen LogP contribution in [0, 0.1) is 23.2 Å². The average Bonchev–Trinajstić information content (AvgIpc) is 2.37. The summed E-state index contributed by atoms with van der Waals surface area (Å²) in [6.45, 7) is 2.12. The molecule has 0 atom stereocenters. The lowest BCUT2D eigenvalue weighted by atomic mass is 9.49. The molecule has 1 heterocycles. The average molecular weight is 313 g/mol. The van der Waals surface area contributed by atoms with Crippen LogP contribution in [0.2, 0.25) is 0 Å². The monoisotopic (exact) mass is 312 g/mol. The minimum absolute atomic E-state index is 0. The maximum Gasteiger partial charge on any atom is 0.220 e. The van der Waals surface area contributed by atoms with E-state index < -0.39 is 0 Å². The molecule has 0 aromatic carbocycles. The Balaban J connectivity index is 0.00000132. The zero-order valence-corrected chi connectivity index (χ0v) is 13.7. The van der Waals surface area contributed by atoms with Gasteiger partial charge in [-0.15, -0.1) is 12.4 Å². The van der Waals surface area contributed by atoms with Crippen LogP contribution in [0.3, 0.4) is 0 Å². The minimum atomic E-state index is 0. The number of halogens is 1. The Morgan fingerprint density at radius 3 is 2.05 bits per heavy atom. The Hall–Kier alpha value is -0.280. The first kappa shape index (κ1) is 15.6. The smallest absolute Gasteiger partial charge is 0.220 e. The fourth-order valence-electron chi connectivity index (χ4n) is 6.09. The van der Waals surface area contributed by atoms with E-state index in [0.29, 0.717) is 17.4 Å². The second-order valence-corrected chi connectivity index (χ2v) is 8.19. The summed E-state index contributed by atoms with van der Waals surface area (Å²) in [6, 6.07) is 0.428. The molecule has 4 heteroatoms. The molecule has 4 bridgehead atoms. The van der Waals surface area contributed by atoms with Crippen molar-refractivity contribution in [1.82, 2.24) is 10.6 Å². The van der Waals surface area contributed by atoms with Gasteiger partial charge < -0.3 is 10.6 Å². The van der Waals surface area contributed by atoms with Crippen LogP contribution in [0.1, 0.15) is 57.8 Å². The van der Waals surface area contributed by atoms with E-state index in [4.69, 9.17) is 0 Å². The van der Waals surface area contributed by atoms with Gasteiger partial charge in [0.1, 0.15) is 0 Å². The van der Waals surface area contributed by atoms with Crippen molar-refractivity contribution in [3.05, 3.63) is 0 Å². The summed E-state index contributed by atoms with van der Waals surface area (Å²) in [5, 5.41) is 6.68. The van der Waals surface area contributed by atoms with E-state index in [1.165, 1.54) is 38.5 Å². The summed E-state index contributed by atoms with van der Waals surface area (Å²) in [4.78, 5) is 12.5. The molecular weight excluding hydrogens is 284 g/mol. The molecule has 4 aliphatic carbocycles. The molecule has 5 fully saturated rings. The quantitative estimate of drug-likeness (QED) is 0.841. The van der Waals surface area contributed by atoms with Crippen LogP contribution < -0.4 is 10.6 Å². The number of rotatable bonds is 3. The Kier molecular flexibility index (Phi) is 4.52. The Labute approximate surface area is 134 Å². The third-order valence-corrected chi connectivity index (χ3v) is 6.40. The van der Waals surface area contributed by atoms with Gasteiger partial charge in [0.05, 0.1) is 0 Å². The molecule has 1 amide bonds. The van der Waals surface area contributed by atoms with Crippen molar-refractivity contribution in [1.29, 1.82) is 0 Å². The van der Waals surface area contributed by atoms with Gasteiger partial charge in [0.2, 0.25) is 5.91 Å². The molecule has 0 spiro atoms. The van der Waals surface area contributed by atoms with Gasteiger partial charge in [0.25, 0.3) is 0 Å². The Morgan fingerprint density at radius 1 is 1.00 bits per heavy atom. The van der Waals surface area contributed by atoms with Crippen molar-refractivity contribution in [2.45, 2.75) is 63.8 Å². The number of nitrogens with one attached hydrogen (secondary N) is 2. The van der Waals surface area contributed by atoms with Gasteiger partial charge in [-0.1, -0.05) is 0 Å². The number of piperidine rings is 1. The van der Waals surface area contributed by atoms with E-state index in [1.54, 1.807) is 0 Å². The lowest BCUT2D eigenvalue weighted by Gasteiger charge is -2.56. The molecule has 0 radical (unpaired) electrons. The molecule has 0 unspecified atom stereocenters. The van der Waals surface area contributed by atoms with Crippen LogP contribution in [-0.4, -0.2) is 25.0 Å². The predicted molar refractivity (Wildman–Crippen MR) is 86.5 cm³/mol. The molecule has 2 N–H and O–H groups in total. The van der Waals surface area contributed by atoms with E-state index in [1.807, 2.05) is 0 Å². The van der Waals surface area contributed by atoms with Crippen LogP contribution >= 0.6 is 12.4 Å². The van der Waals surface area contributed by atoms with E-state index >= 15 is 0 Å². The standard InChI is InChI=1S/C17H28N2O.ClH/c20-16(19-15-1-3-18-4-2-15)11-17-8-12-5-13(9-17)7-14(6-12)10-17;/h12-15,18H,1-11H2,(H,19,20);1H. The third kappa shape index (κ3) is 3.24. The normalized spacial score (nSPS) is 41.6. The molecule has 3 nitrogen and oxygen atoms in total. The lowest BCUT2D eigenvalue weighted by molar-refractivity contribution is -0.130. The van der Waals surface area contributed by atoms with Gasteiger partial charge in [0, 0.05) is 12.5 Å². The fourth-order valence-corrected chi connectivity index (χ4v) is 6.09. The highest BCUT2D eigenvalue weighted by Gasteiger charge is 2.51. The van der Waals surface area contributed by atoms with Gasteiger partial charge in [-0.2, -0.15) is 0 Å². The number of hydrogen-bond acceptors (Lipinski definition) is 2. The zero-order chi connectivity index (χ0) is 13.6. The number of carbonyl (C=O) groups excluding carboxylic acids is 1. The number of carbonyl (C=O) groups is 1. The van der Waals surface area contributed by atoms with Crippen LogP contribution in [0.15, 0.2) is 0 Å². The molecule has 1 aliphatic heterocycles. The Morgan fingerprint density at radius 2 is 1.52 bits per heavy atom. The third-order valence-electron chi connectivity index (χ3n) is 6.40. The van der Waals surface area contributed by atoms with Crippen molar-refractivity contribution in [3.63, 3.8) is 0 Å². The minimum Gasteiger partial charge on any atom is -0.353 e. The molecule has 120 valence electrons. The number of hydrogen-bond donors (Lipinski definition) is 2. The second-order valence-electron chi connectivity index (χ2n) is 8.19. The van der Waals surface area contributed by atoms with E-state index in [-0.39, 0.29) is 12.4 Å². The molecule has 1 saturated heterocycles. The first-order valence-corrected chi connectivity index (χ1v) is 8.71. The summed E-state index contributed by atoms with van der Waals surface area (Å²) >= 11 is 0. The molecule has 5 aliphatic rings. The summed E-state index contributed by atoms with van der Waals surface area (Å²) in [5.74, 6) is 3.20. The SMILES string of the molecule is Cl.O=C(CC12CC3CC(CC(C3)C1)C2)NC1CCNCC1. The molecule has 4 saturated carbocycles. The van der Waals surface area contributed by atoms with Crippen molar-refractivity contribution in [2.24, 2.45) is 23.2 Å². The van der Waals surface area contributed by atoms with Crippen molar-refractivity contribution < 1.29 is 4.79 Å². The lowest BCUT2D eigenvalue weighted by Crippen LogP contribution is -2.49. The van der Waals surface area contributed by atoms with Gasteiger partial charge in [0.15, 0.2) is 0 Å². The fraction of sp³-hybridized carbons (Fsp3) is 0.941. The molecule has 0 aromatic rings. The van der Waals surface area contributed by atoms with E-state index in [0.717, 1.165) is 50.1 Å². The highest BCUT2D eigenvalue weighted by molar-refractivity contribution is 5.85. The predicted octanol–water partition coefficient (Wildman–Crippen LogP) is 2.88. The summed E-state index contributed by atoms with van der Waals surface area (Å²) in [6.07, 6.45) is 11.5. The molecule has 0 aromatic heterocycles. The highest BCUT2D eigenvalue weighted by Crippen LogP contribution is 2.61. The first-order valence-electron chi connectivity index (χ1n) is 8.71. The number of amides is 1. The van der Waals surface area contributed by atoms with E-state index in [2.05, 4.69) is 10.6 Å². The van der Waals surface area contributed by atoms with Crippen molar-refractivity contribution in [3.8, 4) is 0 Å². The van der Waals surface area contributed by atoms with Crippen molar-refractivity contribution >= 4 is 18.3 Å². The summed E-state index contributed by atoms with van der Waals surface area (Å²) < 4.78 is 0. The van der Waals surface area contributed by atoms with Gasteiger partial charge in [-0.3, -0.25) is 4.79 Å². The maximum atomic E-state index is 12.5. The molecular formula is C17H29ClN2O. The summed E-state index contributed by atoms with van der Waals surface area (Å²) in [5.41, 5.74) is 0.395. The van der Waals surface area contributed by atoms with Crippen LogP contribution in [-0.2, 0) is 4.79 Å². The molecule has 5 rings (SSSR count). The van der Waals surface area contributed by atoms with E-state index in [9.17, 15) is 4.79 Å². The second kappa shape index (κ2) is 6.08. The zero-order valence-electron chi connectivity index (χ0n) is 12.9. The summed E-state index contributed by atoms with van der Waals surface area (Å²) in [7, 11) is 0. The van der Waals surface area contributed by atoms with Crippen LogP contribution in [0.4, 0.5) is 0 Å². The Bertz CT molecular complexity index is 357. The molecule has 21 heavy (non-hydrogen) atoms. The van der Waals surface area contributed by atoms with Crippen molar-refractivity contribution in [2.75, 3.05) is 13.1 Å². The van der Waals surface area contributed by atoms with Gasteiger partial charge in [-0.05, 0) is 87.6 Å². The highest BCUT2D eigenvalue weighted by atomic mass is 35.5. The maximum absolute atomic E-state index is 12.5. The largest absolute Gasteiger partial charge is 0.353 e. The van der Waals surface area contributed by atoms with Gasteiger partial charge >= 0.3 is 0 Å². The van der Waals surface area contributed by atoms with Crippen LogP contribution in [0.5, 0.6) is 0 Å². The van der Waals surface area contributed by atoms with Crippen LogP contribution in [0.25, 0.3) is 0 Å². The topological polar surface area (TPSA) is 41.1 Å².